The molecule has 0 aromatic carbocycles. The number of nitrogens with two attached hydrogens (primary N) is 1. The molecule has 3 N–H and O–H groups in total. The molecule has 0 spiro atoms. The van der Waals surface area contributed by atoms with Crippen molar-refractivity contribution >= 4 is 5.91 Å². The van der Waals surface area contributed by atoms with Crippen LogP contribution in [0, 0.1) is 5.92 Å². The van der Waals surface area contributed by atoms with E-state index in [9.17, 15) is 4.79 Å². The number of rotatable bonds is 7. The minimum Gasteiger partial charge on any atom is -0.368 e. The van der Waals surface area contributed by atoms with E-state index < -0.39 is 5.54 Å². The van der Waals surface area contributed by atoms with E-state index >= 15 is 0 Å². The lowest BCUT2D eigenvalue weighted by atomic mass is 9.93. The molecule has 110 valence electrons. The van der Waals surface area contributed by atoms with E-state index in [1.807, 2.05) is 6.92 Å². The Morgan fingerprint density at radius 1 is 1.32 bits per heavy atom. The van der Waals surface area contributed by atoms with Crippen LogP contribution in [0.5, 0.6) is 0 Å². The second-order valence-corrected chi connectivity index (χ2v) is 6.74. The van der Waals surface area contributed by atoms with Gasteiger partial charge in [-0.3, -0.25) is 4.79 Å². The quantitative estimate of drug-likeness (QED) is 0.735. The van der Waals surface area contributed by atoms with Crippen molar-refractivity contribution < 1.29 is 4.79 Å². The van der Waals surface area contributed by atoms with Gasteiger partial charge in [-0.2, -0.15) is 0 Å². The summed E-state index contributed by atoms with van der Waals surface area (Å²) in [4.78, 5) is 14.2. The molecule has 1 heterocycles. The lowest BCUT2D eigenvalue weighted by molar-refractivity contribution is -0.124. The summed E-state index contributed by atoms with van der Waals surface area (Å²) >= 11 is 0. The molecule has 1 aliphatic heterocycles. The molecule has 4 heteroatoms. The van der Waals surface area contributed by atoms with Crippen molar-refractivity contribution in [2.45, 2.75) is 64.0 Å². The van der Waals surface area contributed by atoms with Crippen molar-refractivity contribution in [3.8, 4) is 0 Å². The molecule has 1 saturated carbocycles. The average Bonchev–Trinajstić information content (AvgIpc) is 3.15. The fourth-order valence-electron chi connectivity index (χ4n) is 2.89. The van der Waals surface area contributed by atoms with Gasteiger partial charge in [0.15, 0.2) is 0 Å². The molecule has 4 nitrogen and oxygen atoms in total. The Hall–Kier alpha value is -0.610. The zero-order chi connectivity index (χ0) is 13.9. The highest BCUT2D eigenvalue weighted by Crippen LogP contribution is 2.25. The van der Waals surface area contributed by atoms with Crippen molar-refractivity contribution in [2.75, 3.05) is 19.6 Å². The smallest absolute Gasteiger partial charge is 0.237 e. The number of hydrogen-bond acceptors (Lipinski definition) is 3. The molecular weight excluding hydrogens is 238 g/mol. The van der Waals surface area contributed by atoms with Crippen molar-refractivity contribution in [2.24, 2.45) is 11.7 Å². The minimum absolute atomic E-state index is 0.202. The minimum atomic E-state index is -0.510. The Kier molecular flexibility index (Phi) is 4.85. The van der Waals surface area contributed by atoms with Gasteiger partial charge in [-0.1, -0.05) is 6.92 Å². The van der Waals surface area contributed by atoms with Crippen molar-refractivity contribution in [3.63, 3.8) is 0 Å². The van der Waals surface area contributed by atoms with Crippen molar-refractivity contribution in [1.82, 2.24) is 10.2 Å². The van der Waals surface area contributed by atoms with Crippen LogP contribution in [0.2, 0.25) is 0 Å². The standard InChI is InChI=1S/C15H29N3O/c1-12-6-10-18(11-7-12)9-3-8-15(2,14(16)19)17-13-4-5-13/h12-13,17H,3-11H2,1-2H3,(H2,16,19). The van der Waals surface area contributed by atoms with Gasteiger partial charge in [0.2, 0.25) is 5.91 Å². The van der Waals surface area contributed by atoms with Gasteiger partial charge in [0.05, 0.1) is 5.54 Å². The van der Waals surface area contributed by atoms with Crippen LogP contribution in [0.4, 0.5) is 0 Å². The highest BCUT2D eigenvalue weighted by molar-refractivity contribution is 5.84. The van der Waals surface area contributed by atoms with Gasteiger partial charge in [0.1, 0.15) is 0 Å². The largest absolute Gasteiger partial charge is 0.368 e. The van der Waals surface area contributed by atoms with E-state index in [1.165, 1.54) is 38.8 Å². The van der Waals surface area contributed by atoms with E-state index in [4.69, 9.17) is 5.73 Å². The van der Waals surface area contributed by atoms with Crippen LogP contribution < -0.4 is 11.1 Å². The Morgan fingerprint density at radius 2 is 1.95 bits per heavy atom. The van der Waals surface area contributed by atoms with Crippen LogP contribution >= 0.6 is 0 Å². The number of likely N-dealkylation sites (tertiary alicyclic amines) is 1. The van der Waals surface area contributed by atoms with Crippen molar-refractivity contribution in [3.05, 3.63) is 0 Å². The Balaban J connectivity index is 1.71. The predicted molar refractivity (Wildman–Crippen MR) is 77.8 cm³/mol. The lowest BCUT2D eigenvalue weighted by Gasteiger charge is -2.32. The first-order valence-electron chi connectivity index (χ1n) is 7.79. The molecule has 0 aromatic rings. The molecule has 1 aliphatic carbocycles. The summed E-state index contributed by atoms with van der Waals surface area (Å²) in [5.74, 6) is 0.676. The van der Waals surface area contributed by atoms with Gasteiger partial charge in [0.25, 0.3) is 0 Å². The zero-order valence-electron chi connectivity index (χ0n) is 12.5. The number of amides is 1. The first-order valence-corrected chi connectivity index (χ1v) is 7.79. The average molecular weight is 267 g/mol. The second kappa shape index (κ2) is 6.23. The first kappa shape index (κ1) is 14.8. The van der Waals surface area contributed by atoms with Crippen LogP contribution in [-0.4, -0.2) is 42.0 Å². The molecule has 19 heavy (non-hydrogen) atoms. The number of carbonyl (C=O) groups is 1. The highest BCUT2D eigenvalue weighted by atomic mass is 16.1. The maximum atomic E-state index is 11.7. The van der Waals surface area contributed by atoms with E-state index in [-0.39, 0.29) is 5.91 Å². The van der Waals surface area contributed by atoms with E-state index in [0.29, 0.717) is 6.04 Å². The van der Waals surface area contributed by atoms with E-state index in [0.717, 1.165) is 25.3 Å². The SMILES string of the molecule is CC1CCN(CCCC(C)(NC2CC2)C(N)=O)CC1. The number of primary amides is 1. The van der Waals surface area contributed by atoms with Gasteiger partial charge in [0, 0.05) is 6.04 Å². The molecular formula is C15H29N3O. The third kappa shape index (κ3) is 4.46. The van der Waals surface area contributed by atoms with Crippen LogP contribution in [0.25, 0.3) is 0 Å². The Morgan fingerprint density at radius 3 is 2.47 bits per heavy atom. The van der Waals surface area contributed by atoms with Crippen LogP contribution in [0.1, 0.15) is 52.4 Å². The lowest BCUT2D eigenvalue weighted by Crippen LogP contribution is -2.54. The van der Waals surface area contributed by atoms with Gasteiger partial charge in [-0.05, 0) is 71.0 Å². The number of carbonyl (C=O) groups excluding carboxylic acids is 1. The van der Waals surface area contributed by atoms with Gasteiger partial charge < -0.3 is 16.0 Å². The van der Waals surface area contributed by atoms with E-state index in [2.05, 4.69) is 17.1 Å². The highest BCUT2D eigenvalue weighted by Gasteiger charge is 2.36. The van der Waals surface area contributed by atoms with Crippen LogP contribution in [-0.2, 0) is 4.79 Å². The summed E-state index contributed by atoms with van der Waals surface area (Å²) in [5.41, 5.74) is 5.06. The molecule has 1 unspecified atom stereocenters. The Bertz CT molecular complexity index is 309. The molecule has 1 atom stereocenters. The predicted octanol–water partition coefficient (Wildman–Crippen LogP) is 1.49. The summed E-state index contributed by atoms with van der Waals surface area (Å²) < 4.78 is 0. The molecule has 1 amide bonds. The summed E-state index contributed by atoms with van der Waals surface area (Å²) in [7, 11) is 0. The third-order valence-corrected chi connectivity index (χ3v) is 4.67. The number of nitrogens with one attached hydrogen (secondary N) is 1. The Labute approximate surface area is 117 Å². The fraction of sp³-hybridized carbons (Fsp3) is 0.933. The molecule has 1 saturated heterocycles. The first-order chi connectivity index (χ1) is 8.99. The molecule has 0 bridgehead atoms. The summed E-state index contributed by atoms with van der Waals surface area (Å²) in [6.45, 7) is 7.82. The normalized spacial score (nSPS) is 25.2. The number of hydrogen-bond donors (Lipinski definition) is 2. The van der Waals surface area contributed by atoms with Gasteiger partial charge >= 0.3 is 0 Å². The summed E-state index contributed by atoms with van der Waals surface area (Å²) in [6, 6.07) is 0.522. The van der Waals surface area contributed by atoms with Gasteiger partial charge in [-0.15, -0.1) is 0 Å². The fourth-order valence-corrected chi connectivity index (χ4v) is 2.89. The summed E-state index contributed by atoms with van der Waals surface area (Å²) in [5, 5.41) is 3.42. The monoisotopic (exact) mass is 267 g/mol. The molecule has 0 aromatic heterocycles. The van der Waals surface area contributed by atoms with Gasteiger partial charge in [-0.25, -0.2) is 0 Å². The molecule has 0 radical (unpaired) electrons. The molecule has 2 rings (SSSR count). The topological polar surface area (TPSA) is 58.4 Å². The number of piperidine rings is 1. The zero-order valence-corrected chi connectivity index (χ0v) is 12.5. The van der Waals surface area contributed by atoms with Crippen LogP contribution in [0.3, 0.4) is 0 Å². The molecule has 2 aliphatic rings. The van der Waals surface area contributed by atoms with E-state index in [1.54, 1.807) is 0 Å². The maximum absolute atomic E-state index is 11.7. The number of nitrogens with zero attached hydrogens (tertiary/aromatic N) is 1. The maximum Gasteiger partial charge on any atom is 0.237 e. The van der Waals surface area contributed by atoms with Crippen molar-refractivity contribution in [1.29, 1.82) is 0 Å². The third-order valence-electron chi connectivity index (χ3n) is 4.67. The summed E-state index contributed by atoms with van der Waals surface area (Å²) in [6.07, 6.45) is 6.90. The molecule has 2 fully saturated rings. The second-order valence-electron chi connectivity index (χ2n) is 6.74. The van der Waals surface area contributed by atoms with Crippen LogP contribution in [0.15, 0.2) is 0 Å².